The lowest BCUT2D eigenvalue weighted by atomic mass is 10.2. The summed E-state index contributed by atoms with van der Waals surface area (Å²) in [6.07, 6.45) is 0. The Bertz CT molecular complexity index is 330. The van der Waals surface area contributed by atoms with E-state index in [2.05, 4.69) is 15.9 Å². The molecule has 56 valence electrons. The highest BCUT2D eigenvalue weighted by Gasteiger charge is 2.08. The van der Waals surface area contributed by atoms with Crippen LogP contribution in [0.1, 0.15) is 5.56 Å². The van der Waals surface area contributed by atoms with Crippen LogP contribution in [-0.4, -0.2) is 0 Å². The number of hydrogen-bond donors (Lipinski definition) is 0. The Morgan fingerprint density at radius 1 is 1.36 bits per heavy atom. The summed E-state index contributed by atoms with van der Waals surface area (Å²) in [7, 11) is 0. The molecule has 0 heterocycles. The molecule has 0 aliphatic rings. The van der Waals surface area contributed by atoms with Gasteiger partial charge in [-0.25, -0.2) is 8.78 Å². The Hall–Kier alpha value is -0.950. The second-order valence-electron chi connectivity index (χ2n) is 1.86. The minimum Gasteiger partial charge on any atom is -0.204 e. The molecule has 0 radical (unpaired) electrons. The quantitative estimate of drug-likeness (QED) is 0.614. The average molecular weight is 218 g/mol. The number of halogens is 3. The monoisotopic (exact) mass is 217 g/mol. The van der Waals surface area contributed by atoms with Gasteiger partial charge in [0.25, 0.3) is 0 Å². The van der Waals surface area contributed by atoms with Crippen molar-refractivity contribution in [3.8, 4) is 6.07 Å². The molecule has 4 heteroatoms. The number of hydrogen-bond acceptors (Lipinski definition) is 1. The summed E-state index contributed by atoms with van der Waals surface area (Å²) in [6, 6.07) is 3.72. The fourth-order valence-corrected chi connectivity index (χ4v) is 1.07. The number of nitriles is 1. The predicted octanol–water partition coefficient (Wildman–Crippen LogP) is 2.60. The molecule has 1 aromatic rings. The van der Waals surface area contributed by atoms with Crippen molar-refractivity contribution in [2.75, 3.05) is 0 Å². The number of nitrogens with zero attached hydrogens (tertiary/aromatic N) is 1. The summed E-state index contributed by atoms with van der Waals surface area (Å²) in [6.45, 7) is 0. The van der Waals surface area contributed by atoms with Crippen LogP contribution in [0.15, 0.2) is 16.6 Å². The molecule has 0 aliphatic carbocycles. The van der Waals surface area contributed by atoms with Crippen molar-refractivity contribution in [3.63, 3.8) is 0 Å². The Balaban J connectivity index is 3.39. The molecule has 0 aromatic heterocycles. The van der Waals surface area contributed by atoms with Crippen molar-refractivity contribution >= 4 is 15.9 Å². The van der Waals surface area contributed by atoms with Crippen molar-refractivity contribution < 1.29 is 8.78 Å². The van der Waals surface area contributed by atoms with Crippen molar-refractivity contribution in [1.82, 2.24) is 0 Å². The zero-order valence-corrected chi connectivity index (χ0v) is 6.82. The van der Waals surface area contributed by atoms with Crippen LogP contribution in [0.5, 0.6) is 0 Å². The Morgan fingerprint density at radius 3 is 2.55 bits per heavy atom. The van der Waals surface area contributed by atoms with Gasteiger partial charge >= 0.3 is 0 Å². The van der Waals surface area contributed by atoms with E-state index in [1.165, 1.54) is 12.1 Å². The minimum absolute atomic E-state index is 0.295. The molecule has 0 saturated heterocycles. The lowest BCUT2D eigenvalue weighted by Crippen LogP contribution is -1.88. The summed E-state index contributed by atoms with van der Waals surface area (Å²) in [4.78, 5) is 0. The molecule has 1 rings (SSSR count). The van der Waals surface area contributed by atoms with E-state index in [9.17, 15) is 8.78 Å². The first-order valence-electron chi connectivity index (χ1n) is 2.70. The Labute approximate surface area is 70.4 Å². The van der Waals surface area contributed by atoms with Gasteiger partial charge in [0.05, 0.1) is 5.56 Å². The molecule has 0 saturated carbocycles. The van der Waals surface area contributed by atoms with Gasteiger partial charge in [0.2, 0.25) is 0 Å². The van der Waals surface area contributed by atoms with E-state index >= 15 is 0 Å². The predicted molar refractivity (Wildman–Crippen MR) is 38.8 cm³/mol. The van der Waals surface area contributed by atoms with Gasteiger partial charge in [-0.3, -0.25) is 0 Å². The summed E-state index contributed by atoms with van der Waals surface area (Å²) < 4.78 is 25.4. The molecule has 0 N–H and O–H groups in total. The smallest absolute Gasteiger partial charge is 0.176 e. The van der Waals surface area contributed by atoms with E-state index in [1.54, 1.807) is 0 Å². The molecular formula is C7H2BrF2N. The highest BCUT2D eigenvalue weighted by atomic mass is 79.9. The third kappa shape index (κ3) is 1.55. The lowest BCUT2D eigenvalue weighted by molar-refractivity contribution is 0.505. The highest BCUT2D eigenvalue weighted by Crippen LogP contribution is 2.18. The molecule has 0 unspecified atom stereocenters. The average Bonchev–Trinajstić information content (AvgIpc) is 1.96. The molecule has 0 fully saturated rings. The van der Waals surface area contributed by atoms with E-state index in [0.29, 0.717) is 4.47 Å². The molecule has 0 aliphatic heterocycles. The molecule has 11 heavy (non-hydrogen) atoms. The first-order chi connectivity index (χ1) is 5.15. The van der Waals surface area contributed by atoms with Gasteiger partial charge in [0.15, 0.2) is 11.6 Å². The maximum Gasteiger partial charge on any atom is 0.176 e. The van der Waals surface area contributed by atoms with Gasteiger partial charge in [-0.1, -0.05) is 15.9 Å². The Morgan fingerprint density at radius 2 is 2.00 bits per heavy atom. The normalized spacial score (nSPS) is 9.27. The van der Waals surface area contributed by atoms with Crippen LogP contribution in [0.2, 0.25) is 0 Å². The maximum absolute atomic E-state index is 12.6. The first-order valence-corrected chi connectivity index (χ1v) is 3.49. The SMILES string of the molecule is N#Cc1cc(Br)cc(F)c1F. The Kier molecular flexibility index (Phi) is 2.20. The van der Waals surface area contributed by atoms with Crippen LogP contribution in [-0.2, 0) is 0 Å². The van der Waals surface area contributed by atoms with Gasteiger partial charge in [-0.05, 0) is 12.1 Å². The fraction of sp³-hybridized carbons (Fsp3) is 0. The van der Waals surface area contributed by atoms with E-state index in [1.807, 2.05) is 0 Å². The van der Waals surface area contributed by atoms with Crippen molar-refractivity contribution in [2.24, 2.45) is 0 Å². The molecular weight excluding hydrogens is 216 g/mol. The van der Waals surface area contributed by atoms with Gasteiger partial charge < -0.3 is 0 Å². The van der Waals surface area contributed by atoms with Gasteiger partial charge in [-0.15, -0.1) is 0 Å². The van der Waals surface area contributed by atoms with Crippen molar-refractivity contribution in [2.45, 2.75) is 0 Å². The van der Waals surface area contributed by atoms with Crippen LogP contribution in [0.4, 0.5) is 8.78 Å². The maximum atomic E-state index is 12.6. The summed E-state index contributed by atoms with van der Waals surface area (Å²) in [5, 5.41) is 8.29. The summed E-state index contributed by atoms with van der Waals surface area (Å²) >= 11 is 2.93. The van der Waals surface area contributed by atoms with Crippen LogP contribution >= 0.6 is 15.9 Å². The number of rotatable bonds is 0. The summed E-state index contributed by atoms with van der Waals surface area (Å²) in [5.74, 6) is -2.12. The van der Waals surface area contributed by atoms with E-state index < -0.39 is 11.6 Å². The number of benzene rings is 1. The molecule has 0 amide bonds. The zero-order valence-electron chi connectivity index (χ0n) is 5.24. The van der Waals surface area contributed by atoms with Crippen LogP contribution in [0.3, 0.4) is 0 Å². The molecule has 0 bridgehead atoms. The van der Waals surface area contributed by atoms with Crippen LogP contribution < -0.4 is 0 Å². The topological polar surface area (TPSA) is 23.8 Å². The third-order valence-electron chi connectivity index (χ3n) is 1.11. The first kappa shape index (κ1) is 8.15. The van der Waals surface area contributed by atoms with Crippen LogP contribution in [0.25, 0.3) is 0 Å². The van der Waals surface area contributed by atoms with Gasteiger partial charge in [0.1, 0.15) is 6.07 Å². The second kappa shape index (κ2) is 2.97. The molecule has 0 spiro atoms. The standard InChI is InChI=1S/C7H2BrF2N/c8-5-1-4(3-11)7(10)6(9)2-5/h1-2H. The van der Waals surface area contributed by atoms with Gasteiger partial charge in [0, 0.05) is 4.47 Å². The largest absolute Gasteiger partial charge is 0.204 e. The van der Waals surface area contributed by atoms with E-state index in [4.69, 9.17) is 5.26 Å². The zero-order chi connectivity index (χ0) is 8.43. The minimum atomic E-state index is -1.10. The third-order valence-corrected chi connectivity index (χ3v) is 1.57. The van der Waals surface area contributed by atoms with Gasteiger partial charge in [-0.2, -0.15) is 5.26 Å². The fourth-order valence-electron chi connectivity index (χ4n) is 0.637. The highest BCUT2D eigenvalue weighted by molar-refractivity contribution is 9.10. The summed E-state index contributed by atoms with van der Waals surface area (Å²) in [5.41, 5.74) is -0.295. The second-order valence-corrected chi connectivity index (χ2v) is 2.78. The molecule has 0 atom stereocenters. The molecule has 1 aromatic carbocycles. The van der Waals surface area contributed by atoms with Crippen molar-refractivity contribution in [1.29, 1.82) is 5.26 Å². The molecule has 1 nitrogen and oxygen atoms in total. The van der Waals surface area contributed by atoms with E-state index in [0.717, 1.165) is 6.07 Å². The lowest BCUT2D eigenvalue weighted by Gasteiger charge is -1.95. The van der Waals surface area contributed by atoms with Crippen LogP contribution in [0, 0.1) is 23.0 Å². The van der Waals surface area contributed by atoms with E-state index in [-0.39, 0.29) is 5.56 Å². The van der Waals surface area contributed by atoms with Crippen molar-refractivity contribution in [3.05, 3.63) is 33.8 Å².